The number of ether oxygens (including phenoxy) is 10. The van der Waals surface area contributed by atoms with Crippen LogP contribution in [0.3, 0.4) is 0 Å². The molecule has 14 heteroatoms. The largest absolute Gasteiger partial charge is 0.504 e. The number of aromatic hydroxyl groups is 4. The molecule has 0 aliphatic heterocycles. The van der Waals surface area contributed by atoms with E-state index < -0.39 is 31.5 Å². The first-order chi connectivity index (χ1) is 30.3. The van der Waals surface area contributed by atoms with E-state index in [1.54, 1.807) is 45.9 Å². The molecule has 0 aliphatic rings. The first kappa shape index (κ1) is 57.7. The van der Waals surface area contributed by atoms with Gasteiger partial charge in [0.25, 0.3) is 0 Å². The minimum Gasteiger partial charge on any atom is -0.504 e. The van der Waals surface area contributed by atoms with Gasteiger partial charge in [0.15, 0.2) is 65.9 Å². The van der Waals surface area contributed by atoms with E-state index >= 15 is 0 Å². The highest BCUT2D eigenvalue weighted by Gasteiger charge is 2.22. The summed E-state index contributed by atoms with van der Waals surface area (Å²) in [5, 5.41) is 40.6. The molecule has 0 saturated carbocycles. The van der Waals surface area contributed by atoms with Crippen LogP contribution < -0.4 is 23.7 Å². The Morgan fingerprint density at radius 2 is 0.594 bits per heavy atom. The fraction of sp³-hybridized carbons (Fsp3) is 0.640. The van der Waals surface area contributed by atoms with Crippen molar-refractivity contribution in [3.8, 4) is 51.7 Å². The zero-order chi connectivity index (χ0) is 48.5. The Hall–Kier alpha value is -4.34. The third kappa shape index (κ3) is 19.8. The maximum atomic E-state index is 10.4. The molecule has 8 unspecified atom stereocenters. The predicted molar refractivity (Wildman–Crippen MR) is 251 cm³/mol. The van der Waals surface area contributed by atoms with E-state index in [1.807, 2.05) is 66.7 Å². The lowest BCUT2D eigenvalue weighted by Crippen LogP contribution is -2.19. The predicted octanol–water partition coefficient (Wildman–Crippen LogP) is 12.2. The Balaban J connectivity index is 0.000000484. The first-order valence-electron chi connectivity index (χ1n) is 23.0. The van der Waals surface area contributed by atoms with Crippen LogP contribution in [0.5, 0.6) is 51.7 Å². The lowest BCUT2D eigenvalue weighted by atomic mass is 9.98. The van der Waals surface area contributed by atoms with E-state index in [0.29, 0.717) is 62.1 Å². The van der Waals surface area contributed by atoms with Crippen molar-refractivity contribution in [3.63, 3.8) is 0 Å². The highest BCUT2D eigenvalue weighted by atomic mass is 16.7. The first-order valence-corrected chi connectivity index (χ1v) is 23.0. The van der Waals surface area contributed by atoms with Crippen molar-refractivity contribution in [1.82, 2.24) is 0 Å². The normalized spacial score (nSPS) is 14.8. The molecule has 4 N–H and O–H groups in total. The van der Waals surface area contributed by atoms with Gasteiger partial charge >= 0.3 is 0 Å². The van der Waals surface area contributed by atoms with Gasteiger partial charge in [-0.15, -0.1) is 0 Å². The lowest BCUT2D eigenvalue weighted by molar-refractivity contribution is -0.0774. The zero-order valence-electron chi connectivity index (χ0n) is 41.6. The molecule has 3 aromatic rings. The van der Waals surface area contributed by atoms with Gasteiger partial charge in [-0.1, -0.05) is 41.5 Å². The average Bonchev–Trinajstić information content (AvgIpc) is 3.24. The topological polar surface area (TPSA) is 173 Å². The molecular formula is C50H82O14. The molecule has 0 spiro atoms. The summed E-state index contributed by atoms with van der Waals surface area (Å²) in [7, 11) is 0. The highest BCUT2D eigenvalue weighted by Crippen LogP contribution is 2.43. The number of benzene rings is 3. The van der Waals surface area contributed by atoms with E-state index in [4.69, 9.17) is 47.4 Å². The quantitative estimate of drug-likeness (QED) is 0.0560. The van der Waals surface area contributed by atoms with Crippen LogP contribution in [0.4, 0.5) is 0 Å². The fourth-order valence-electron chi connectivity index (χ4n) is 6.11. The van der Waals surface area contributed by atoms with Crippen LogP contribution in [0.1, 0.15) is 164 Å². The summed E-state index contributed by atoms with van der Waals surface area (Å²) in [5.74, 6) is 2.36. The van der Waals surface area contributed by atoms with Crippen molar-refractivity contribution < 1.29 is 67.8 Å². The number of phenolic OH excluding ortho intramolecular Hbond substituents is 4. The summed E-state index contributed by atoms with van der Waals surface area (Å²) in [5.41, 5.74) is 2.94. The zero-order valence-corrected chi connectivity index (χ0v) is 41.6. The molecule has 0 fully saturated rings. The van der Waals surface area contributed by atoms with Crippen LogP contribution >= 0.6 is 0 Å². The van der Waals surface area contributed by atoms with Crippen molar-refractivity contribution in [1.29, 1.82) is 0 Å². The fourth-order valence-corrected chi connectivity index (χ4v) is 6.11. The molecule has 0 saturated heterocycles. The molecule has 0 amide bonds. The third-order valence-corrected chi connectivity index (χ3v) is 10.2. The molecule has 0 radical (unpaired) electrons. The second-order valence-electron chi connectivity index (χ2n) is 15.3. The van der Waals surface area contributed by atoms with Gasteiger partial charge in [-0.2, -0.15) is 0 Å². The summed E-state index contributed by atoms with van der Waals surface area (Å²) in [6.45, 7) is 33.5. The second kappa shape index (κ2) is 30.7. The summed E-state index contributed by atoms with van der Waals surface area (Å²) in [6.07, 6.45) is 0.559. The van der Waals surface area contributed by atoms with Crippen molar-refractivity contribution >= 4 is 0 Å². The molecule has 14 nitrogen and oxygen atoms in total. The maximum absolute atomic E-state index is 10.4. The number of hydrogen-bond acceptors (Lipinski definition) is 14. The number of phenols is 4. The van der Waals surface area contributed by atoms with Crippen molar-refractivity contribution in [2.24, 2.45) is 0 Å². The van der Waals surface area contributed by atoms with Gasteiger partial charge in [0.1, 0.15) is 0 Å². The van der Waals surface area contributed by atoms with Crippen LogP contribution in [0.25, 0.3) is 0 Å². The van der Waals surface area contributed by atoms with E-state index in [1.165, 1.54) is 0 Å². The molecule has 366 valence electrons. The van der Waals surface area contributed by atoms with E-state index in [2.05, 4.69) is 34.6 Å². The Labute approximate surface area is 384 Å². The smallest absolute Gasteiger partial charge is 0.206 e. The van der Waals surface area contributed by atoms with Gasteiger partial charge in [-0.05, 0) is 159 Å². The van der Waals surface area contributed by atoms with Crippen LogP contribution in [0, 0.1) is 0 Å². The maximum Gasteiger partial charge on any atom is 0.206 e. The third-order valence-electron chi connectivity index (χ3n) is 10.2. The SMILES string of the molecule is CCOC(C)Oc1c(O)cc(C(C)CC)cc1O.CCOC(C)Oc1cc(C(C)CC)cc(O)c1OC(C)OCC.CCOC(C)Oc1cc(C(C)CC)cc(OC(C)OCC)c1O. The van der Waals surface area contributed by atoms with Gasteiger partial charge in [-0.25, -0.2) is 0 Å². The molecule has 64 heavy (non-hydrogen) atoms. The molecule has 3 aromatic carbocycles. The van der Waals surface area contributed by atoms with Crippen LogP contribution in [0.2, 0.25) is 0 Å². The summed E-state index contributed by atoms with van der Waals surface area (Å²) < 4.78 is 55.1. The van der Waals surface area contributed by atoms with Crippen LogP contribution in [-0.2, 0) is 23.7 Å². The Kier molecular flexibility index (Phi) is 27.7. The van der Waals surface area contributed by atoms with Crippen molar-refractivity contribution in [2.45, 2.75) is 179 Å². The van der Waals surface area contributed by atoms with Gasteiger partial charge in [0.2, 0.25) is 17.2 Å². The molecule has 0 bridgehead atoms. The lowest BCUT2D eigenvalue weighted by Gasteiger charge is -2.22. The molecule has 3 rings (SSSR count). The van der Waals surface area contributed by atoms with Crippen molar-refractivity contribution in [3.05, 3.63) is 53.1 Å². The number of hydrogen-bond donors (Lipinski definition) is 4. The summed E-state index contributed by atoms with van der Waals surface area (Å²) >= 11 is 0. The van der Waals surface area contributed by atoms with Gasteiger partial charge in [0, 0.05) is 33.0 Å². The molecule has 8 atom stereocenters. The van der Waals surface area contributed by atoms with Crippen LogP contribution in [0.15, 0.2) is 36.4 Å². The van der Waals surface area contributed by atoms with Crippen LogP contribution in [-0.4, -0.2) is 84.9 Å². The van der Waals surface area contributed by atoms with Gasteiger partial charge in [-0.3, -0.25) is 0 Å². The molecule has 0 heterocycles. The summed E-state index contributed by atoms with van der Waals surface area (Å²) in [6, 6.07) is 10.6. The molecular weight excluding hydrogens is 825 g/mol. The molecule has 0 aromatic heterocycles. The Morgan fingerprint density at radius 3 is 0.922 bits per heavy atom. The van der Waals surface area contributed by atoms with E-state index in [9.17, 15) is 20.4 Å². The van der Waals surface area contributed by atoms with E-state index in [-0.39, 0.29) is 40.4 Å². The Morgan fingerprint density at radius 1 is 0.344 bits per heavy atom. The second-order valence-corrected chi connectivity index (χ2v) is 15.3. The van der Waals surface area contributed by atoms with E-state index in [0.717, 1.165) is 36.0 Å². The Bertz CT molecular complexity index is 1680. The highest BCUT2D eigenvalue weighted by molar-refractivity contribution is 5.55. The monoisotopic (exact) mass is 907 g/mol. The number of rotatable bonds is 26. The van der Waals surface area contributed by atoms with Gasteiger partial charge < -0.3 is 67.8 Å². The molecule has 0 aliphatic carbocycles. The average molecular weight is 907 g/mol. The van der Waals surface area contributed by atoms with Gasteiger partial charge in [0.05, 0.1) is 0 Å². The van der Waals surface area contributed by atoms with Crippen molar-refractivity contribution in [2.75, 3.05) is 33.0 Å². The standard InChI is InChI=1S/2C18H30O5.C14H22O4/c1-7-12(4)15-10-16(22-13(5)20-8-2)18(19)17(11-15)23-14(6)21-9-3;1-7-12(4)15-10-16(19)18(23-14(6)21-9-3)17(11-15)22-13(5)20-8-2;1-5-9(3)11-7-12(15)14(13(16)8-11)18-10(4)17-6-2/h2*10-14,19H,7-9H2,1-6H3;7-10,15-16H,5-6H2,1-4H3. The summed E-state index contributed by atoms with van der Waals surface area (Å²) in [4.78, 5) is 0. The minimum atomic E-state index is -0.513. The minimum absolute atomic E-state index is 0.0323.